The number of carbonyl (C=O) groups excluding carboxylic acids is 2. The molecule has 6 heteroatoms. The second-order valence-corrected chi connectivity index (χ2v) is 7.21. The number of benzene rings is 1. The van der Waals surface area contributed by atoms with Crippen LogP contribution in [-0.2, 0) is 9.53 Å². The van der Waals surface area contributed by atoms with Crippen LogP contribution in [0.2, 0.25) is 0 Å². The maximum atomic E-state index is 11.8. The van der Waals surface area contributed by atoms with Crippen molar-refractivity contribution in [2.75, 3.05) is 30.0 Å². The third kappa shape index (κ3) is 7.74. The highest BCUT2D eigenvalue weighted by Gasteiger charge is 2.29. The van der Waals surface area contributed by atoms with Gasteiger partial charge in [-0.25, -0.2) is 9.69 Å². The minimum absolute atomic E-state index is 0.0493. The Morgan fingerprint density at radius 3 is 2.59 bits per heavy atom. The third-order valence-corrected chi connectivity index (χ3v) is 4.75. The number of amides is 3. The lowest BCUT2D eigenvalue weighted by Crippen LogP contribution is -2.30. The fourth-order valence-corrected chi connectivity index (χ4v) is 3.14. The number of hydrogen-bond donors (Lipinski definition) is 1. The number of ether oxygens (including phenoxy) is 1. The molecule has 1 fully saturated rings. The monoisotopic (exact) mass is 434 g/mol. The highest BCUT2D eigenvalue weighted by Crippen LogP contribution is 2.18. The van der Waals surface area contributed by atoms with Crippen LogP contribution in [0.4, 0.5) is 10.5 Å². The van der Waals surface area contributed by atoms with Crippen LogP contribution in [0.15, 0.2) is 24.3 Å². The van der Waals surface area contributed by atoms with Crippen molar-refractivity contribution in [3.8, 4) is 11.8 Å². The summed E-state index contributed by atoms with van der Waals surface area (Å²) in [6.45, 7) is 1.69. The number of carbonyl (C=O) groups is 2. The molecule has 0 saturated carbocycles. The van der Waals surface area contributed by atoms with Crippen molar-refractivity contribution in [3.63, 3.8) is 0 Å². The van der Waals surface area contributed by atoms with Crippen LogP contribution in [0.1, 0.15) is 50.5 Å². The van der Waals surface area contributed by atoms with E-state index in [1.54, 1.807) is 12.1 Å². The Morgan fingerprint density at radius 2 is 1.85 bits per heavy atom. The van der Waals surface area contributed by atoms with E-state index >= 15 is 0 Å². The van der Waals surface area contributed by atoms with Gasteiger partial charge in [0.25, 0.3) is 5.91 Å². The quantitative estimate of drug-likeness (QED) is 0.245. The van der Waals surface area contributed by atoms with E-state index in [0.29, 0.717) is 5.69 Å². The lowest BCUT2D eigenvalue weighted by atomic mass is 10.1. The first-order valence-electron chi connectivity index (χ1n) is 9.56. The van der Waals surface area contributed by atoms with Gasteiger partial charge in [0, 0.05) is 30.5 Å². The Bertz CT molecular complexity index is 665. The fourth-order valence-electron chi connectivity index (χ4n) is 2.74. The number of anilines is 1. The molecule has 0 spiro atoms. The molecule has 146 valence electrons. The van der Waals surface area contributed by atoms with Gasteiger partial charge in [-0.2, -0.15) is 0 Å². The maximum Gasteiger partial charge on any atom is 0.329 e. The minimum atomic E-state index is -0.381. The number of nitrogens with one attached hydrogen (secondary N) is 1. The largest absolute Gasteiger partial charge is 0.381 e. The Labute approximate surface area is 170 Å². The number of nitrogens with zero attached hydrogens (tertiary/aromatic N) is 1. The van der Waals surface area contributed by atoms with Crippen molar-refractivity contribution in [3.05, 3.63) is 29.8 Å². The van der Waals surface area contributed by atoms with Crippen molar-refractivity contribution < 1.29 is 14.3 Å². The first kappa shape index (κ1) is 21.5. The predicted octanol–water partition coefficient (Wildman–Crippen LogP) is 4.24. The fraction of sp³-hybridized carbons (Fsp3) is 0.524. The normalized spacial score (nSPS) is 13.4. The van der Waals surface area contributed by atoms with Crippen LogP contribution in [0, 0.1) is 11.8 Å². The van der Waals surface area contributed by atoms with Crippen LogP contribution in [0.5, 0.6) is 0 Å². The van der Waals surface area contributed by atoms with Gasteiger partial charge in [-0.15, -0.1) is 0 Å². The molecule has 2 rings (SSSR count). The summed E-state index contributed by atoms with van der Waals surface area (Å²) >= 11 is 3.44. The highest BCUT2D eigenvalue weighted by molar-refractivity contribution is 9.09. The van der Waals surface area contributed by atoms with Crippen molar-refractivity contribution in [2.45, 2.75) is 44.9 Å². The van der Waals surface area contributed by atoms with Crippen LogP contribution < -0.4 is 10.2 Å². The Kier molecular flexibility index (Phi) is 9.96. The summed E-state index contributed by atoms with van der Waals surface area (Å²) < 4.78 is 5.64. The number of alkyl halides is 1. The summed E-state index contributed by atoms with van der Waals surface area (Å²) in [6, 6.07) is 6.82. The van der Waals surface area contributed by atoms with Gasteiger partial charge in [0.05, 0.1) is 12.2 Å². The molecule has 0 atom stereocenters. The zero-order valence-electron chi connectivity index (χ0n) is 15.6. The van der Waals surface area contributed by atoms with Gasteiger partial charge in [-0.3, -0.25) is 4.79 Å². The smallest absolute Gasteiger partial charge is 0.329 e. The van der Waals surface area contributed by atoms with Crippen molar-refractivity contribution in [2.24, 2.45) is 0 Å². The molecule has 0 bridgehead atoms. The van der Waals surface area contributed by atoms with E-state index < -0.39 is 0 Å². The van der Waals surface area contributed by atoms with E-state index in [-0.39, 0.29) is 18.5 Å². The van der Waals surface area contributed by atoms with E-state index in [2.05, 4.69) is 33.1 Å². The molecule has 1 heterocycles. The van der Waals surface area contributed by atoms with Crippen LogP contribution in [-0.4, -0.2) is 37.0 Å². The molecule has 1 aliphatic rings. The van der Waals surface area contributed by atoms with E-state index in [0.717, 1.165) is 54.7 Å². The number of hydrogen-bond acceptors (Lipinski definition) is 3. The molecule has 0 radical (unpaired) electrons. The van der Waals surface area contributed by atoms with Gasteiger partial charge in [-0.1, -0.05) is 46.7 Å². The SMILES string of the molecule is O=C1CNC(=O)N1c1cccc(C#CCCCCOCCCCCCBr)c1. The number of imide groups is 1. The van der Waals surface area contributed by atoms with E-state index in [1.165, 1.54) is 19.3 Å². The first-order valence-corrected chi connectivity index (χ1v) is 10.7. The molecule has 27 heavy (non-hydrogen) atoms. The first-order chi connectivity index (χ1) is 13.2. The molecule has 1 aliphatic heterocycles. The van der Waals surface area contributed by atoms with Crippen molar-refractivity contribution >= 4 is 33.6 Å². The number of halogens is 1. The topological polar surface area (TPSA) is 58.6 Å². The molecule has 1 N–H and O–H groups in total. The highest BCUT2D eigenvalue weighted by atomic mass is 79.9. The van der Waals surface area contributed by atoms with Crippen molar-refractivity contribution in [1.29, 1.82) is 0 Å². The molecule has 1 aromatic rings. The lowest BCUT2D eigenvalue weighted by Gasteiger charge is -2.12. The molecular weight excluding hydrogens is 408 g/mol. The molecule has 1 aromatic carbocycles. The summed E-state index contributed by atoms with van der Waals surface area (Å²) in [5.41, 5.74) is 1.37. The van der Waals surface area contributed by atoms with Gasteiger partial charge in [0.15, 0.2) is 0 Å². The number of urea groups is 1. The molecular formula is C21H27BrN2O3. The molecule has 3 amide bonds. The molecule has 1 saturated heterocycles. The number of rotatable bonds is 11. The summed E-state index contributed by atoms with van der Waals surface area (Å²) in [5, 5.41) is 3.61. The predicted molar refractivity (Wildman–Crippen MR) is 111 cm³/mol. The Balaban J connectivity index is 1.63. The lowest BCUT2D eigenvalue weighted by molar-refractivity contribution is -0.115. The van der Waals surface area contributed by atoms with Crippen molar-refractivity contribution in [1.82, 2.24) is 5.32 Å². The average Bonchev–Trinajstić information content (AvgIpc) is 3.01. The van der Waals surface area contributed by atoms with Crippen LogP contribution in [0.25, 0.3) is 0 Å². The van der Waals surface area contributed by atoms with Crippen LogP contribution >= 0.6 is 15.9 Å². The summed E-state index contributed by atoms with van der Waals surface area (Å²) in [4.78, 5) is 24.6. The maximum absolute atomic E-state index is 11.8. The van der Waals surface area contributed by atoms with E-state index in [4.69, 9.17) is 4.74 Å². The summed E-state index contributed by atoms with van der Waals surface area (Å²) in [5.74, 6) is 6.02. The Hall–Kier alpha value is -1.84. The van der Waals surface area contributed by atoms with Gasteiger partial charge < -0.3 is 10.1 Å². The zero-order chi connectivity index (χ0) is 19.3. The molecule has 0 aromatic heterocycles. The number of unbranched alkanes of at least 4 members (excludes halogenated alkanes) is 5. The average molecular weight is 435 g/mol. The zero-order valence-corrected chi connectivity index (χ0v) is 17.2. The van der Waals surface area contributed by atoms with Gasteiger partial charge in [0.1, 0.15) is 0 Å². The van der Waals surface area contributed by atoms with E-state index in [1.807, 2.05) is 12.1 Å². The standard InChI is InChI=1S/C21H27BrN2O3/c22-13-6-2-4-8-15-27-14-7-3-1-5-10-18-11-9-12-19(16-18)24-20(25)17-23-21(24)26/h9,11-12,16H,1-4,6-8,13-15,17H2,(H,23,26). The summed E-state index contributed by atoms with van der Waals surface area (Å²) in [7, 11) is 0. The third-order valence-electron chi connectivity index (χ3n) is 4.19. The Morgan fingerprint density at radius 1 is 1.07 bits per heavy atom. The van der Waals surface area contributed by atoms with E-state index in [9.17, 15) is 9.59 Å². The summed E-state index contributed by atoms with van der Waals surface area (Å²) in [6.07, 6.45) is 7.70. The minimum Gasteiger partial charge on any atom is -0.381 e. The van der Waals surface area contributed by atoms with Gasteiger partial charge in [-0.05, 0) is 43.9 Å². The van der Waals surface area contributed by atoms with Gasteiger partial charge >= 0.3 is 6.03 Å². The molecule has 0 aliphatic carbocycles. The second-order valence-electron chi connectivity index (χ2n) is 6.41. The molecule has 0 unspecified atom stereocenters. The van der Waals surface area contributed by atoms with Gasteiger partial charge in [0.2, 0.25) is 0 Å². The van der Waals surface area contributed by atoms with Crippen LogP contribution in [0.3, 0.4) is 0 Å². The molecule has 5 nitrogen and oxygen atoms in total. The second kappa shape index (κ2) is 12.5.